The third-order valence-electron chi connectivity index (χ3n) is 2.58. The van der Waals surface area contributed by atoms with Crippen molar-refractivity contribution in [2.24, 2.45) is 0 Å². The quantitative estimate of drug-likeness (QED) is 0.822. The number of pyridine rings is 1. The molecule has 0 atom stereocenters. The van der Waals surface area contributed by atoms with Crippen molar-refractivity contribution < 1.29 is 4.39 Å². The van der Waals surface area contributed by atoms with E-state index in [4.69, 9.17) is 11.6 Å². The Morgan fingerprint density at radius 2 is 2.11 bits per heavy atom. The molecule has 0 bridgehead atoms. The summed E-state index contributed by atoms with van der Waals surface area (Å²) in [5.74, 6) is -0.371. The number of aromatic nitrogens is 1. The highest BCUT2D eigenvalue weighted by Gasteiger charge is 2.07. The van der Waals surface area contributed by atoms with Gasteiger partial charge in [0.15, 0.2) is 0 Å². The first-order chi connectivity index (χ1) is 8.47. The van der Waals surface area contributed by atoms with E-state index in [1.54, 1.807) is 19.2 Å². The highest BCUT2D eigenvalue weighted by Crippen LogP contribution is 2.16. The molecule has 0 spiro atoms. The Labute approximate surface area is 117 Å². The highest BCUT2D eigenvalue weighted by molar-refractivity contribution is 9.10. The lowest BCUT2D eigenvalue weighted by Gasteiger charge is -2.09. The van der Waals surface area contributed by atoms with Crippen molar-refractivity contribution in [3.8, 4) is 0 Å². The van der Waals surface area contributed by atoms with Crippen LogP contribution in [0.3, 0.4) is 0 Å². The molecule has 2 aromatic rings. The Bertz CT molecular complexity index is 654. The van der Waals surface area contributed by atoms with Gasteiger partial charge in [0.2, 0.25) is 0 Å². The number of aryl methyl sites for hydroxylation is 1. The van der Waals surface area contributed by atoms with Crippen LogP contribution >= 0.6 is 27.5 Å². The van der Waals surface area contributed by atoms with Crippen molar-refractivity contribution in [1.29, 1.82) is 0 Å². The van der Waals surface area contributed by atoms with Crippen molar-refractivity contribution in [1.82, 2.24) is 4.57 Å². The molecule has 0 amide bonds. The van der Waals surface area contributed by atoms with Crippen LogP contribution in [0.1, 0.15) is 11.1 Å². The fourth-order valence-electron chi connectivity index (χ4n) is 1.71. The fourth-order valence-corrected chi connectivity index (χ4v) is 2.49. The number of nitrogens with zero attached hydrogens (tertiary/aromatic N) is 1. The summed E-state index contributed by atoms with van der Waals surface area (Å²) >= 11 is 9.14. The lowest BCUT2D eigenvalue weighted by molar-refractivity contribution is 0.595. The van der Waals surface area contributed by atoms with Crippen LogP contribution < -0.4 is 5.56 Å². The van der Waals surface area contributed by atoms with Gasteiger partial charge in [-0.1, -0.05) is 11.6 Å². The van der Waals surface area contributed by atoms with Crippen LogP contribution in [0.5, 0.6) is 0 Å². The molecule has 2 rings (SSSR count). The van der Waals surface area contributed by atoms with E-state index in [9.17, 15) is 9.18 Å². The van der Waals surface area contributed by atoms with E-state index in [2.05, 4.69) is 15.9 Å². The van der Waals surface area contributed by atoms with Crippen LogP contribution in [-0.4, -0.2) is 4.57 Å². The molecule has 0 fully saturated rings. The molecule has 0 unspecified atom stereocenters. The smallest absolute Gasteiger partial charge is 0.253 e. The van der Waals surface area contributed by atoms with Crippen LogP contribution in [0.25, 0.3) is 0 Å². The Hall–Kier alpha value is -1.13. The van der Waals surface area contributed by atoms with E-state index >= 15 is 0 Å². The first-order valence-electron chi connectivity index (χ1n) is 5.28. The minimum absolute atomic E-state index is 0.141. The lowest BCUT2D eigenvalue weighted by atomic mass is 10.2. The molecular formula is C13H10BrClFNO. The van der Waals surface area contributed by atoms with Gasteiger partial charge >= 0.3 is 0 Å². The second-order valence-corrected chi connectivity index (χ2v) is 5.36. The van der Waals surface area contributed by atoms with E-state index in [0.29, 0.717) is 16.1 Å². The van der Waals surface area contributed by atoms with Crippen LogP contribution in [0.15, 0.2) is 39.7 Å². The van der Waals surface area contributed by atoms with Gasteiger partial charge in [0.25, 0.3) is 5.56 Å². The van der Waals surface area contributed by atoms with Gasteiger partial charge in [-0.3, -0.25) is 4.79 Å². The van der Waals surface area contributed by atoms with E-state index in [-0.39, 0.29) is 17.9 Å². The molecule has 0 saturated heterocycles. The molecule has 94 valence electrons. The molecule has 18 heavy (non-hydrogen) atoms. The molecule has 1 heterocycles. The zero-order valence-electron chi connectivity index (χ0n) is 9.58. The molecule has 0 aliphatic carbocycles. The monoisotopic (exact) mass is 329 g/mol. The van der Waals surface area contributed by atoms with Crippen molar-refractivity contribution in [3.05, 3.63) is 67.3 Å². The molecule has 0 saturated carbocycles. The van der Waals surface area contributed by atoms with Gasteiger partial charge < -0.3 is 4.57 Å². The lowest BCUT2D eigenvalue weighted by Crippen LogP contribution is -2.22. The number of benzene rings is 1. The zero-order chi connectivity index (χ0) is 13.3. The van der Waals surface area contributed by atoms with E-state index in [1.165, 1.54) is 22.8 Å². The topological polar surface area (TPSA) is 22.0 Å². The number of rotatable bonds is 2. The standard InChI is InChI=1S/C13H10BrClFNO/c1-8-4-10(14)7-17(13(8)18)6-9-5-11(15)2-3-12(9)16/h2-5,7H,6H2,1H3. The van der Waals surface area contributed by atoms with Crippen LogP contribution in [0, 0.1) is 12.7 Å². The first kappa shape index (κ1) is 13.3. The van der Waals surface area contributed by atoms with Crippen molar-refractivity contribution in [2.45, 2.75) is 13.5 Å². The van der Waals surface area contributed by atoms with Gasteiger partial charge in [-0.15, -0.1) is 0 Å². The molecule has 0 N–H and O–H groups in total. The van der Waals surface area contributed by atoms with E-state index < -0.39 is 0 Å². The predicted molar refractivity (Wildman–Crippen MR) is 73.7 cm³/mol. The maximum atomic E-state index is 13.6. The fraction of sp³-hybridized carbons (Fsp3) is 0.154. The third kappa shape index (κ3) is 2.82. The Morgan fingerprint density at radius 3 is 2.83 bits per heavy atom. The molecule has 0 radical (unpaired) electrons. The average molecular weight is 331 g/mol. The minimum atomic E-state index is -0.371. The number of halogens is 3. The SMILES string of the molecule is Cc1cc(Br)cn(Cc2cc(Cl)ccc2F)c1=O. The first-order valence-corrected chi connectivity index (χ1v) is 6.45. The summed E-state index contributed by atoms with van der Waals surface area (Å²) in [6.45, 7) is 1.88. The Balaban J connectivity index is 2.46. The van der Waals surface area contributed by atoms with Gasteiger partial charge in [0.05, 0.1) is 6.54 Å². The number of hydrogen-bond acceptors (Lipinski definition) is 1. The normalized spacial score (nSPS) is 10.7. The minimum Gasteiger partial charge on any atom is -0.310 e. The third-order valence-corrected chi connectivity index (χ3v) is 3.25. The molecule has 0 aliphatic rings. The summed E-state index contributed by atoms with van der Waals surface area (Å²) in [6.07, 6.45) is 1.63. The summed E-state index contributed by atoms with van der Waals surface area (Å²) < 4.78 is 15.8. The number of hydrogen-bond donors (Lipinski definition) is 0. The van der Waals surface area contributed by atoms with Crippen molar-refractivity contribution in [3.63, 3.8) is 0 Å². The summed E-state index contributed by atoms with van der Waals surface area (Å²) in [7, 11) is 0. The summed E-state index contributed by atoms with van der Waals surface area (Å²) in [5, 5.41) is 0.450. The van der Waals surface area contributed by atoms with Gasteiger partial charge in [-0.2, -0.15) is 0 Å². The highest BCUT2D eigenvalue weighted by atomic mass is 79.9. The Morgan fingerprint density at radius 1 is 1.39 bits per heavy atom. The molecule has 0 aliphatic heterocycles. The van der Waals surface area contributed by atoms with E-state index in [0.717, 1.165) is 4.47 Å². The van der Waals surface area contributed by atoms with Gasteiger partial charge in [-0.05, 0) is 47.1 Å². The van der Waals surface area contributed by atoms with Crippen molar-refractivity contribution >= 4 is 27.5 Å². The van der Waals surface area contributed by atoms with Gasteiger partial charge in [0, 0.05) is 26.8 Å². The maximum Gasteiger partial charge on any atom is 0.253 e. The van der Waals surface area contributed by atoms with E-state index in [1.807, 2.05) is 0 Å². The average Bonchev–Trinajstić information content (AvgIpc) is 2.30. The largest absolute Gasteiger partial charge is 0.310 e. The van der Waals surface area contributed by atoms with Gasteiger partial charge in [0.1, 0.15) is 5.82 Å². The summed E-state index contributed by atoms with van der Waals surface area (Å²) in [6, 6.07) is 6.04. The van der Waals surface area contributed by atoms with Crippen LogP contribution in [0.4, 0.5) is 4.39 Å². The second kappa shape index (κ2) is 5.24. The Kier molecular flexibility index (Phi) is 3.88. The molecule has 5 heteroatoms. The molecular weight excluding hydrogens is 321 g/mol. The maximum absolute atomic E-state index is 13.6. The van der Waals surface area contributed by atoms with Crippen molar-refractivity contribution in [2.75, 3.05) is 0 Å². The van der Waals surface area contributed by atoms with Crippen LogP contribution in [-0.2, 0) is 6.54 Å². The summed E-state index contributed by atoms with van der Waals surface area (Å²) in [4.78, 5) is 11.9. The van der Waals surface area contributed by atoms with Crippen LogP contribution in [0.2, 0.25) is 5.02 Å². The molecule has 1 aromatic heterocycles. The zero-order valence-corrected chi connectivity index (χ0v) is 11.9. The second-order valence-electron chi connectivity index (χ2n) is 4.01. The van der Waals surface area contributed by atoms with Gasteiger partial charge in [-0.25, -0.2) is 4.39 Å². The molecule has 1 aromatic carbocycles. The predicted octanol–water partition coefficient (Wildman–Crippen LogP) is 3.76. The summed E-state index contributed by atoms with van der Waals surface area (Å²) in [5.41, 5.74) is 0.853. The molecule has 2 nitrogen and oxygen atoms in total.